The fourth-order valence-corrected chi connectivity index (χ4v) is 0.656. The van der Waals surface area contributed by atoms with E-state index in [1.54, 1.807) is 6.92 Å². The Morgan fingerprint density at radius 2 is 2.00 bits per heavy atom. The molecule has 0 saturated carbocycles. The summed E-state index contributed by atoms with van der Waals surface area (Å²) < 4.78 is 35.9. The van der Waals surface area contributed by atoms with Gasteiger partial charge >= 0.3 is 5.38 Å². The van der Waals surface area contributed by atoms with Crippen LogP contribution >= 0.6 is 11.6 Å². The molecule has 0 radical (unpaired) electrons. The molecule has 0 nitrogen and oxygen atoms in total. The van der Waals surface area contributed by atoms with Gasteiger partial charge in [-0.15, -0.1) is 0 Å². The molecule has 0 aliphatic heterocycles. The van der Waals surface area contributed by atoms with Crippen LogP contribution in [0.5, 0.6) is 0 Å². The first-order valence-corrected chi connectivity index (χ1v) is 3.57. The molecule has 0 rings (SSSR count). The fraction of sp³-hybridized carbons (Fsp3) is 1.00. The summed E-state index contributed by atoms with van der Waals surface area (Å²) in [6.07, 6.45) is -1.21. The van der Waals surface area contributed by atoms with Crippen LogP contribution in [0.25, 0.3) is 0 Å². The van der Waals surface area contributed by atoms with Gasteiger partial charge in [0.2, 0.25) is 0 Å². The van der Waals surface area contributed by atoms with E-state index in [9.17, 15) is 13.2 Å². The number of hydrogen-bond donors (Lipinski definition) is 0. The zero-order chi connectivity index (χ0) is 8.20. The van der Waals surface area contributed by atoms with Crippen molar-refractivity contribution >= 4 is 11.6 Å². The van der Waals surface area contributed by atoms with E-state index in [0.717, 1.165) is 0 Å². The van der Waals surface area contributed by atoms with Crippen molar-refractivity contribution in [3.63, 3.8) is 0 Å². The summed E-state index contributed by atoms with van der Waals surface area (Å²) in [5.74, 6) is 0. The Hall–Kier alpha value is 0.0800. The van der Waals surface area contributed by atoms with Crippen molar-refractivity contribution in [1.29, 1.82) is 0 Å². The first-order chi connectivity index (χ1) is 4.48. The highest BCUT2D eigenvalue weighted by Gasteiger charge is 2.36. The minimum Gasteiger partial charge on any atom is -0.239 e. The van der Waals surface area contributed by atoms with Crippen LogP contribution in [0.15, 0.2) is 0 Å². The molecule has 0 aromatic heterocycles. The first kappa shape index (κ1) is 10.1. The molecule has 0 saturated heterocycles. The second-order valence-corrected chi connectivity index (χ2v) is 2.66. The molecule has 0 fully saturated rings. The smallest absolute Gasteiger partial charge is 0.239 e. The molecule has 10 heavy (non-hydrogen) atoms. The Balaban J connectivity index is 3.52. The van der Waals surface area contributed by atoms with Crippen LogP contribution in [0.1, 0.15) is 26.2 Å². The largest absolute Gasteiger partial charge is 0.352 e. The zero-order valence-corrected chi connectivity index (χ0v) is 6.47. The lowest BCUT2D eigenvalue weighted by Crippen LogP contribution is -2.22. The lowest BCUT2D eigenvalue weighted by molar-refractivity contribution is 0.00200. The molecule has 1 atom stereocenters. The molecule has 1 unspecified atom stereocenters. The summed E-state index contributed by atoms with van der Waals surface area (Å²) in [5.41, 5.74) is 0. The molecule has 62 valence electrons. The maximum Gasteiger partial charge on any atom is 0.352 e. The molecule has 0 N–H and O–H groups in total. The molecule has 0 heterocycles. The number of halogens is 4. The molecule has 0 bridgehead atoms. The van der Waals surface area contributed by atoms with Crippen LogP contribution in [0, 0.1) is 0 Å². The second kappa shape index (κ2) is 4.06. The Morgan fingerprint density at radius 3 is 2.30 bits per heavy atom. The molecule has 0 aromatic rings. The highest BCUT2D eigenvalue weighted by Crippen LogP contribution is 2.29. The standard InChI is InChI=1S/C6H10ClF3/c1-2-3-4-5(8)6(7,9)10/h5H,2-4H2,1H3. The summed E-state index contributed by atoms with van der Waals surface area (Å²) in [4.78, 5) is 0. The SMILES string of the molecule is CCCCC(F)C(F)(F)Cl. The second-order valence-electron chi connectivity index (χ2n) is 2.15. The topological polar surface area (TPSA) is 0 Å². The Morgan fingerprint density at radius 1 is 1.50 bits per heavy atom. The van der Waals surface area contributed by atoms with Crippen LogP contribution in [-0.4, -0.2) is 11.6 Å². The van der Waals surface area contributed by atoms with E-state index >= 15 is 0 Å². The molecule has 4 heteroatoms. The van der Waals surface area contributed by atoms with Crippen molar-refractivity contribution < 1.29 is 13.2 Å². The van der Waals surface area contributed by atoms with E-state index in [1.165, 1.54) is 0 Å². The van der Waals surface area contributed by atoms with E-state index in [0.29, 0.717) is 12.8 Å². The fourth-order valence-electron chi connectivity index (χ4n) is 0.547. The number of rotatable bonds is 4. The molecule has 0 amide bonds. The van der Waals surface area contributed by atoms with Gasteiger partial charge in [-0.1, -0.05) is 19.8 Å². The van der Waals surface area contributed by atoms with E-state index in [2.05, 4.69) is 11.6 Å². The molecule has 0 aromatic carbocycles. The summed E-state index contributed by atoms with van der Waals surface area (Å²) >= 11 is 4.41. The maximum atomic E-state index is 12.2. The van der Waals surface area contributed by atoms with Crippen LogP contribution in [0.2, 0.25) is 0 Å². The number of hydrogen-bond acceptors (Lipinski definition) is 0. The summed E-state index contributed by atoms with van der Waals surface area (Å²) in [5, 5.41) is -3.69. The zero-order valence-electron chi connectivity index (χ0n) is 5.71. The third kappa shape index (κ3) is 3.99. The van der Waals surface area contributed by atoms with Crippen molar-refractivity contribution in [3.8, 4) is 0 Å². The van der Waals surface area contributed by atoms with Crippen molar-refractivity contribution in [2.45, 2.75) is 37.7 Å². The maximum absolute atomic E-state index is 12.2. The molecule has 0 aliphatic carbocycles. The van der Waals surface area contributed by atoms with Gasteiger partial charge in [0, 0.05) is 0 Å². The average Bonchev–Trinajstić information content (AvgIpc) is 1.80. The van der Waals surface area contributed by atoms with Crippen LogP contribution < -0.4 is 0 Å². The van der Waals surface area contributed by atoms with Gasteiger partial charge in [-0.25, -0.2) is 4.39 Å². The van der Waals surface area contributed by atoms with E-state index < -0.39 is 11.6 Å². The van der Waals surface area contributed by atoms with Gasteiger partial charge in [0.05, 0.1) is 0 Å². The number of alkyl halides is 4. The normalized spacial score (nSPS) is 15.3. The van der Waals surface area contributed by atoms with Crippen molar-refractivity contribution in [2.75, 3.05) is 0 Å². The molecular weight excluding hydrogens is 165 g/mol. The molecular formula is C6H10ClF3. The van der Waals surface area contributed by atoms with Crippen LogP contribution in [0.3, 0.4) is 0 Å². The van der Waals surface area contributed by atoms with Crippen molar-refractivity contribution in [1.82, 2.24) is 0 Å². The van der Waals surface area contributed by atoms with Crippen LogP contribution in [0.4, 0.5) is 13.2 Å². The minimum atomic E-state index is -3.69. The Bertz CT molecular complexity index is 89.5. The van der Waals surface area contributed by atoms with Gasteiger partial charge in [-0.3, -0.25) is 0 Å². The van der Waals surface area contributed by atoms with Gasteiger partial charge in [0.15, 0.2) is 6.17 Å². The highest BCUT2D eigenvalue weighted by atomic mass is 35.5. The summed E-state index contributed by atoms with van der Waals surface area (Å²) in [6, 6.07) is 0. The van der Waals surface area contributed by atoms with E-state index in [-0.39, 0.29) is 6.42 Å². The number of unbranched alkanes of at least 4 members (excludes halogenated alkanes) is 1. The molecule has 0 spiro atoms. The lowest BCUT2D eigenvalue weighted by atomic mass is 10.2. The highest BCUT2D eigenvalue weighted by molar-refractivity contribution is 6.22. The summed E-state index contributed by atoms with van der Waals surface area (Å²) in [6.45, 7) is 1.80. The average molecular weight is 175 g/mol. The quantitative estimate of drug-likeness (QED) is 0.574. The predicted molar refractivity (Wildman–Crippen MR) is 35.2 cm³/mol. The Kier molecular flexibility index (Phi) is 4.09. The van der Waals surface area contributed by atoms with Gasteiger partial charge in [0.25, 0.3) is 0 Å². The van der Waals surface area contributed by atoms with Crippen molar-refractivity contribution in [2.24, 2.45) is 0 Å². The monoisotopic (exact) mass is 174 g/mol. The van der Waals surface area contributed by atoms with Gasteiger partial charge in [-0.2, -0.15) is 8.78 Å². The predicted octanol–water partition coefficient (Wildman–Crippen LogP) is 3.35. The minimum absolute atomic E-state index is 0.160. The van der Waals surface area contributed by atoms with Crippen molar-refractivity contribution in [3.05, 3.63) is 0 Å². The van der Waals surface area contributed by atoms with Gasteiger partial charge < -0.3 is 0 Å². The molecule has 0 aliphatic rings. The first-order valence-electron chi connectivity index (χ1n) is 3.19. The third-order valence-electron chi connectivity index (χ3n) is 1.17. The van der Waals surface area contributed by atoms with Gasteiger partial charge in [0.1, 0.15) is 0 Å². The Labute approximate surface area is 63.4 Å². The van der Waals surface area contributed by atoms with Gasteiger partial charge in [-0.05, 0) is 18.0 Å². The van der Waals surface area contributed by atoms with E-state index in [4.69, 9.17) is 0 Å². The van der Waals surface area contributed by atoms with E-state index in [1.807, 2.05) is 0 Å². The third-order valence-corrected chi connectivity index (χ3v) is 1.40. The lowest BCUT2D eigenvalue weighted by Gasteiger charge is -2.12. The van der Waals surface area contributed by atoms with Crippen LogP contribution in [-0.2, 0) is 0 Å². The summed E-state index contributed by atoms with van der Waals surface area (Å²) in [7, 11) is 0.